The van der Waals surface area contributed by atoms with Crippen molar-refractivity contribution in [3.05, 3.63) is 54.0 Å². The molecule has 2 aromatic rings. The Kier molecular flexibility index (Phi) is 3.38. The number of likely N-dealkylation sites (N-methyl/N-ethyl adjacent to an activating group) is 1. The van der Waals surface area contributed by atoms with Gasteiger partial charge in [0.15, 0.2) is 5.76 Å². The molecule has 1 aromatic heterocycles. The summed E-state index contributed by atoms with van der Waals surface area (Å²) in [5.74, 6) is -0.455. The number of anilines is 1. The number of carbonyl (C=O) groups is 3. The Bertz CT molecular complexity index is 722. The minimum atomic E-state index is -0.688. The molecule has 1 atom stereocenters. The predicted octanol–water partition coefficient (Wildman–Crippen LogP) is 1.75. The van der Waals surface area contributed by atoms with Crippen LogP contribution in [0.1, 0.15) is 22.2 Å². The number of nitrogens with zero attached hydrogens (tertiary/aromatic N) is 1. The standard InChI is InChI=1S/C15H13N3O4/c1-18-14(20)12(17-15(18)21)9-4-6-10(7-5-9)16-13(19)11-3-2-8-22-11/h2-8,12H,1H3,(H,16,19)(H,17,21). The lowest BCUT2D eigenvalue weighted by atomic mass is 10.1. The number of carbonyl (C=O) groups excluding carboxylic acids is 3. The van der Waals surface area contributed by atoms with Gasteiger partial charge in [0.25, 0.3) is 11.8 Å². The smallest absolute Gasteiger partial charge is 0.324 e. The van der Waals surface area contributed by atoms with Crippen molar-refractivity contribution < 1.29 is 18.8 Å². The maximum atomic E-state index is 11.9. The second-order valence-electron chi connectivity index (χ2n) is 4.83. The van der Waals surface area contributed by atoms with Crippen molar-refractivity contribution in [1.29, 1.82) is 0 Å². The van der Waals surface area contributed by atoms with Crippen LogP contribution in [0.3, 0.4) is 0 Å². The number of nitrogens with one attached hydrogen (secondary N) is 2. The van der Waals surface area contributed by atoms with E-state index >= 15 is 0 Å². The number of rotatable bonds is 3. The van der Waals surface area contributed by atoms with E-state index in [1.807, 2.05) is 0 Å². The first-order chi connectivity index (χ1) is 10.6. The third-order valence-electron chi connectivity index (χ3n) is 3.40. The number of benzene rings is 1. The monoisotopic (exact) mass is 299 g/mol. The van der Waals surface area contributed by atoms with Gasteiger partial charge >= 0.3 is 6.03 Å². The normalized spacial score (nSPS) is 17.5. The van der Waals surface area contributed by atoms with Crippen LogP contribution in [0.25, 0.3) is 0 Å². The predicted molar refractivity (Wildman–Crippen MR) is 77.1 cm³/mol. The summed E-state index contributed by atoms with van der Waals surface area (Å²) in [4.78, 5) is 36.2. The molecule has 0 radical (unpaired) electrons. The van der Waals surface area contributed by atoms with E-state index in [9.17, 15) is 14.4 Å². The van der Waals surface area contributed by atoms with Crippen molar-refractivity contribution >= 4 is 23.5 Å². The quantitative estimate of drug-likeness (QED) is 0.845. The number of imide groups is 1. The third-order valence-corrected chi connectivity index (χ3v) is 3.40. The van der Waals surface area contributed by atoms with E-state index in [1.54, 1.807) is 36.4 Å². The molecule has 2 N–H and O–H groups in total. The highest BCUT2D eigenvalue weighted by Gasteiger charge is 2.36. The first-order valence-electron chi connectivity index (χ1n) is 6.59. The molecule has 4 amide bonds. The minimum absolute atomic E-state index is 0.212. The van der Waals surface area contributed by atoms with Crippen molar-refractivity contribution in [1.82, 2.24) is 10.2 Å². The van der Waals surface area contributed by atoms with Gasteiger partial charge in [-0.3, -0.25) is 14.5 Å². The van der Waals surface area contributed by atoms with Gasteiger partial charge in [0.2, 0.25) is 0 Å². The average Bonchev–Trinajstić information content (AvgIpc) is 3.13. The molecule has 22 heavy (non-hydrogen) atoms. The van der Waals surface area contributed by atoms with Gasteiger partial charge in [-0.1, -0.05) is 12.1 Å². The second-order valence-corrected chi connectivity index (χ2v) is 4.83. The van der Waals surface area contributed by atoms with Crippen molar-refractivity contribution in [3.8, 4) is 0 Å². The van der Waals surface area contributed by atoms with Gasteiger partial charge in [-0.05, 0) is 29.8 Å². The van der Waals surface area contributed by atoms with Gasteiger partial charge < -0.3 is 15.1 Å². The van der Waals surface area contributed by atoms with Crippen molar-refractivity contribution in [2.24, 2.45) is 0 Å². The van der Waals surface area contributed by atoms with Crippen molar-refractivity contribution in [2.75, 3.05) is 12.4 Å². The fourth-order valence-corrected chi connectivity index (χ4v) is 2.16. The summed E-state index contributed by atoms with van der Waals surface area (Å²) in [5, 5.41) is 5.26. The Morgan fingerprint density at radius 2 is 1.95 bits per heavy atom. The van der Waals surface area contributed by atoms with Gasteiger partial charge in [-0.2, -0.15) is 0 Å². The number of urea groups is 1. The van der Waals surface area contributed by atoms with E-state index in [0.29, 0.717) is 11.3 Å². The molecular weight excluding hydrogens is 286 g/mol. The van der Waals surface area contributed by atoms with Gasteiger partial charge in [-0.25, -0.2) is 4.79 Å². The van der Waals surface area contributed by atoms with E-state index in [1.165, 1.54) is 13.3 Å². The molecule has 7 heteroatoms. The van der Waals surface area contributed by atoms with Crippen LogP contribution >= 0.6 is 0 Å². The molecule has 0 bridgehead atoms. The number of furan rings is 1. The highest BCUT2D eigenvalue weighted by Crippen LogP contribution is 2.22. The molecule has 1 aromatic carbocycles. The first-order valence-corrected chi connectivity index (χ1v) is 6.59. The van der Waals surface area contributed by atoms with E-state index in [0.717, 1.165) is 4.90 Å². The van der Waals surface area contributed by atoms with Crippen LogP contribution < -0.4 is 10.6 Å². The minimum Gasteiger partial charge on any atom is -0.459 e. The molecule has 0 saturated carbocycles. The zero-order chi connectivity index (χ0) is 15.7. The van der Waals surface area contributed by atoms with Crippen LogP contribution in [-0.2, 0) is 4.79 Å². The zero-order valence-corrected chi connectivity index (χ0v) is 11.7. The fourth-order valence-electron chi connectivity index (χ4n) is 2.16. The SMILES string of the molecule is CN1C(=O)NC(c2ccc(NC(=O)c3ccco3)cc2)C1=O. The zero-order valence-electron chi connectivity index (χ0n) is 11.7. The summed E-state index contributed by atoms with van der Waals surface area (Å²) >= 11 is 0. The molecule has 1 saturated heterocycles. The van der Waals surface area contributed by atoms with Crippen LogP contribution in [0.4, 0.5) is 10.5 Å². The molecule has 2 heterocycles. The van der Waals surface area contributed by atoms with Crippen LogP contribution in [0.5, 0.6) is 0 Å². The highest BCUT2D eigenvalue weighted by atomic mass is 16.3. The Hall–Kier alpha value is -3.09. The number of hydrogen-bond donors (Lipinski definition) is 2. The lowest BCUT2D eigenvalue weighted by molar-refractivity contribution is -0.126. The van der Waals surface area contributed by atoms with Crippen molar-refractivity contribution in [3.63, 3.8) is 0 Å². The van der Waals surface area contributed by atoms with E-state index in [2.05, 4.69) is 10.6 Å². The summed E-state index contributed by atoms with van der Waals surface area (Å²) in [7, 11) is 1.43. The van der Waals surface area contributed by atoms with Crippen molar-refractivity contribution in [2.45, 2.75) is 6.04 Å². The third kappa shape index (κ3) is 2.44. The van der Waals surface area contributed by atoms with E-state index < -0.39 is 12.1 Å². The fraction of sp³-hybridized carbons (Fsp3) is 0.133. The topological polar surface area (TPSA) is 91.7 Å². The Morgan fingerprint density at radius 1 is 1.23 bits per heavy atom. The van der Waals surface area contributed by atoms with Crippen LogP contribution in [-0.4, -0.2) is 29.8 Å². The number of amides is 4. The van der Waals surface area contributed by atoms with E-state index in [-0.39, 0.29) is 17.6 Å². The molecule has 1 aliphatic heterocycles. The number of hydrogen-bond acceptors (Lipinski definition) is 4. The van der Waals surface area contributed by atoms with Crippen LogP contribution in [0.15, 0.2) is 47.1 Å². The molecule has 1 fully saturated rings. The van der Waals surface area contributed by atoms with Gasteiger partial charge in [0, 0.05) is 12.7 Å². The van der Waals surface area contributed by atoms with Gasteiger partial charge in [-0.15, -0.1) is 0 Å². The molecule has 1 unspecified atom stereocenters. The van der Waals surface area contributed by atoms with Gasteiger partial charge in [0.05, 0.1) is 6.26 Å². The Morgan fingerprint density at radius 3 is 2.50 bits per heavy atom. The Balaban J connectivity index is 1.72. The van der Waals surface area contributed by atoms with Crippen LogP contribution in [0.2, 0.25) is 0 Å². The molecule has 0 aliphatic carbocycles. The molecule has 3 rings (SSSR count). The molecular formula is C15H13N3O4. The highest BCUT2D eigenvalue weighted by molar-refractivity contribution is 6.04. The molecule has 112 valence electrons. The first kappa shape index (κ1) is 13.9. The van der Waals surface area contributed by atoms with Gasteiger partial charge in [0.1, 0.15) is 6.04 Å². The largest absolute Gasteiger partial charge is 0.459 e. The molecule has 1 aliphatic rings. The summed E-state index contributed by atoms with van der Waals surface area (Å²) < 4.78 is 5.00. The lowest BCUT2D eigenvalue weighted by Gasteiger charge is -2.09. The summed E-state index contributed by atoms with van der Waals surface area (Å²) in [6.07, 6.45) is 1.42. The summed E-state index contributed by atoms with van der Waals surface area (Å²) in [6.45, 7) is 0. The maximum Gasteiger partial charge on any atom is 0.324 e. The van der Waals surface area contributed by atoms with E-state index in [4.69, 9.17) is 4.42 Å². The average molecular weight is 299 g/mol. The lowest BCUT2D eigenvalue weighted by Crippen LogP contribution is -2.25. The molecule has 7 nitrogen and oxygen atoms in total. The summed E-state index contributed by atoms with van der Waals surface area (Å²) in [5.41, 5.74) is 1.22. The second kappa shape index (κ2) is 5.36. The summed E-state index contributed by atoms with van der Waals surface area (Å²) in [6, 6.07) is 8.76. The van der Waals surface area contributed by atoms with Crippen LogP contribution in [0, 0.1) is 0 Å². The maximum absolute atomic E-state index is 11.9. The Labute approximate surface area is 125 Å². The molecule has 0 spiro atoms.